The Bertz CT molecular complexity index is 1100. The highest BCUT2D eigenvalue weighted by atomic mass is 16.6. The maximum absolute atomic E-state index is 13.0. The van der Waals surface area contributed by atoms with Crippen molar-refractivity contribution in [3.8, 4) is 0 Å². The summed E-state index contributed by atoms with van der Waals surface area (Å²) in [6.07, 6.45) is 4.77. The number of ether oxygens (including phenoxy) is 1. The number of nitrogens with one attached hydrogen (secondary N) is 1. The molecule has 2 unspecified atom stereocenters. The van der Waals surface area contributed by atoms with E-state index in [-0.39, 0.29) is 47.1 Å². The zero-order valence-electron chi connectivity index (χ0n) is 17.5. The van der Waals surface area contributed by atoms with Gasteiger partial charge in [0.2, 0.25) is 5.91 Å². The Morgan fingerprint density at radius 2 is 1.87 bits per heavy atom. The summed E-state index contributed by atoms with van der Waals surface area (Å²) in [5.41, 5.74) is 6.92. The molecule has 0 radical (unpaired) electrons. The number of primary amides is 1. The van der Waals surface area contributed by atoms with Gasteiger partial charge in [-0.2, -0.15) is 0 Å². The predicted octanol–water partition coefficient (Wildman–Crippen LogP) is 2.39. The molecule has 1 aliphatic heterocycles. The molecule has 8 heteroatoms. The highest BCUT2D eigenvalue weighted by Gasteiger charge is 2.59. The lowest BCUT2D eigenvalue weighted by Crippen LogP contribution is -2.59. The summed E-state index contributed by atoms with van der Waals surface area (Å²) in [5.74, 6) is 0.822. The van der Waals surface area contributed by atoms with Gasteiger partial charge in [0.15, 0.2) is 0 Å². The quantitative estimate of drug-likeness (QED) is 0.788. The van der Waals surface area contributed by atoms with Gasteiger partial charge < -0.3 is 20.4 Å². The molecule has 3 atom stereocenters. The molecule has 0 spiro atoms. The number of likely N-dealkylation sites (tertiary alicyclic amines) is 1. The summed E-state index contributed by atoms with van der Waals surface area (Å²) in [4.78, 5) is 42.3. The van der Waals surface area contributed by atoms with E-state index in [1.54, 1.807) is 9.47 Å². The Kier molecular flexibility index (Phi) is 4.04. The molecule has 164 valence electrons. The first-order valence-corrected chi connectivity index (χ1v) is 11.4. The minimum Gasteiger partial charge on any atom is -0.446 e. The summed E-state index contributed by atoms with van der Waals surface area (Å²) in [7, 11) is 0. The van der Waals surface area contributed by atoms with Gasteiger partial charge in [-0.25, -0.2) is 9.59 Å². The minimum absolute atomic E-state index is 0.0622. The Morgan fingerprint density at radius 1 is 1.13 bits per heavy atom. The van der Waals surface area contributed by atoms with Gasteiger partial charge in [0.25, 0.3) is 0 Å². The van der Waals surface area contributed by atoms with Gasteiger partial charge in [-0.3, -0.25) is 9.36 Å². The number of carbonyl (C=O) groups excluding carboxylic acids is 2. The molecule has 1 saturated heterocycles. The van der Waals surface area contributed by atoms with E-state index < -0.39 is 0 Å². The fourth-order valence-corrected chi connectivity index (χ4v) is 7.22. The largest absolute Gasteiger partial charge is 0.446 e. The van der Waals surface area contributed by atoms with Crippen molar-refractivity contribution < 1.29 is 14.3 Å². The highest BCUT2D eigenvalue weighted by molar-refractivity contribution is 5.81. The van der Waals surface area contributed by atoms with E-state index in [9.17, 15) is 14.4 Å². The summed E-state index contributed by atoms with van der Waals surface area (Å²) >= 11 is 0. The van der Waals surface area contributed by atoms with Gasteiger partial charge in [0, 0.05) is 13.1 Å². The number of aromatic amines is 1. The highest BCUT2D eigenvalue weighted by Crippen LogP contribution is 2.60. The first-order chi connectivity index (χ1) is 14.9. The Labute approximate surface area is 179 Å². The number of nitrogens with zero attached hydrogens (tertiary/aromatic N) is 2. The van der Waals surface area contributed by atoms with Crippen LogP contribution < -0.4 is 11.4 Å². The van der Waals surface area contributed by atoms with Crippen LogP contribution in [0, 0.1) is 23.2 Å². The average molecular weight is 425 g/mol. The lowest BCUT2D eigenvalue weighted by molar-refractivity contribution is -0.161. The van der Waals surface area contributed by atoms with Crippen LogP contribution in [-0.2, 0) is 9.53 Å². The predicted molar refractivity (Wildman–Crippen MR) is 113 cm³/mol. The molecule has 3 N–H and O–H groups in total. The third-order valence-corrected chi connectivity index (χ3v) is 8.36. The molecular weight excluding hydrogens is 396 g/mol. The zero-order valence-corrected chi connectivity index (χ0v) is 17.5. The Balaban J connectivity index is 1.16. The van der Waals surface area contributed by atoms with E-state index in [0.29, 0.717) is 19.0 Å². The number of carbonyl (C=O) groups is 2. The van der Waals surface area contributed by atoms with Crippen LogP contribution in [0.3, 0.4) is 0 Å². The smallest absolute Gasteiger partial charge is 0.410 e. The normalized spacial score (nSPS) is 36.3. The van der Waals surface area contributed by atoms with Crippen molar-refractivity contribution >= 4 is 23.0 Å². The van der Waals surface area contributed by atoms with Crippen LogP contribution in [0.2, 0.25) is 0 Å². The molecule has 5 fully saturated rings. The van der Waals surface area contributed by atoms with E-state index in [0.717, 1.165) is 49.6 Å². The lowest BCUT2D eigenvalue weighted by atomic mass is 9.48. The van der Waals surface area contributed by atoms with Gasteiger partial charge in [-0.15, -0.1) is 0 Å². The molecule has 2 aromatic rings. The molecular formula is C23H28N4O4. The number of rotatable bonds is 3. The number of nitrogens with two attached hydrogens (primary N) is 1. The summed E-state index contributed by atoms with van der Waals surface area (Å²) in [5, 5.41) is 0. The second-order valence-electron chi connectivity index (χ2n) is 10.2. The van der Waals surface area contributed by atoms with Crippen LogP contribution in [-0.4, -0.2) is 45.6 Å². The number of hydrogen-bond donors (Lipinski definition) is 2. The van der Waals surface area contributed by atoms with Crippen LogP contribution in [0.4, 0.5) is 4.79 Å². The first-order valence-electron chi connectivity index (χ1n) is 11.4. The van der Waals surface area contributed by atoms with Crippen LogP contribution >= 0.6 is 0 Å². The fraction of sp³-hybridized carbons (Fsp3) is 0.609. The molecule has 4 aliphatic carbocycles. The Morgan fingerprint density at radius 3 is 2.61 bits per heavy atom. The van der Waals surface area contributed by atoms with Gasteiger partial charge in [-0.1, -0.05) is 12.1 Å². The molecule has 2 heterocycles. The fourth-order valence-electron chi connectivity index (χ4n) is 7.22. The molecule has 8 nitrogen and oxygen atoms in total. The summed E-state index contributed by atoms with van der Waals surface area (Å²) in [6.45, 7) is 1.04. The number of benzene rings is 1. The van der Waals surface area contributed by atoms with Gasteiger partial charge in [0.1, 0.15) is 6.10 Å². The molecule has 5 aliphatic rings. The van der Waals surface area contributed by atoms with E-state index in [4.69, 9.17) is 10.5 Å². The minimum atomic E-state index is -0.380. The van der Waals surface area contributed by atoms with Crippen molar-refractivity contribution in [2.45, 2.75) is 50.7 Å². The number of aromatic nitrogens is 2. The topological polar surface area (TPSA) is 110 Å². The SMILES string of the molecule is NC(=O)C12CC3CC(C1)C(OC(=O)N1CC[C@H](n4c(=O)[nH]c5ccccc54)C1)C(C3)C2. The monoisotopic (exact) mass is 424 g/mol. The molecule has 1 aromatic carbocycles. The van der Waals surface area contributed by atoms with Gasteiger partial charge in [0.05, 0.1) is 22.5 Å². The number of para-hydroxylation sites is 2. The first kappa shape index (κ1) is 19.0. The van der Waals surface area contributed by atoms with Crippen LogP contribution in [0.1, 0.15) is 44.6 Å². The molecule has 1 aromatic heterocycles. The number of amides is 2. The third-order valence-electron chi connectivity index (χ3n) is 8.36. The van der Waals surface area contributed by atoms with Crippen molar-refractivity contribution in [2.75, 3.05) is 13.1 Å². The summed E-state index contributed by atoms with van der Waals surface area (Å²) in [6, 6.07) is 7.57. The number of imidazole rings is 1. The van der Waals surface area contributed by atoms with Crippen molar-refractivity contribution in [1.82, 2.24) is 14.5 Å². The molecule has 2 amide bonds. The maximum Gasteiger partial charge on any atom is 0.410 e. The second-order valence-corrected chi connectivity index (χ2v) is 10.2. The average Bonchev–Trinajstić information content (AvgIpc) is 3.33. The summed E-state index contributed by atoms with van der Waals surface area (Å²) < 4.78 is 7.82. The van der Waals surface area contributed by atoms with Crippen molar-refractivity contribution in [2.24, 2.45) is 28.9 Å². The van der Waals surface area contributed by atoms with Crippen LogP contribution in [0.5, 0.6) is 0 Å². The van der Waals surface area contributed by atoms with Crippen molar-refractivity contribution in [1.29, 1.82) is 0 Å². The number of H-pyrrole nitrogens is 1. The van der Waals surface area contributed by atoms with E-state index in [1.165, 1.54) is 0 Å². The van der Waals surface area contributed by atoms with Crippen LogP contribution in [0.15, 0.2) is 29.1 Å². The number of hydrogen-bond acceptors (Lipinski definition) is 4. The van der Waals surface area contributed by atoms with Gasteiger partial charge in [-0.05, 0) is 68.4 Å². The van der Waals surface area contributed by atoms with Crippen molar-refractivity contribution in [3.05, 3.63) is 34.7 Å². The van der Waals surface area contributed by atoms with E-state index in [1.807, 2.05) is 24.3 Å². The second kappa shape index (κ2) is 6.61. The number of fused-ring (bicyclic) bond motifs is 1. The van der Waals surface area contributed by atoms with E-state index >= 15 is 0 Å². The zero-order chi connectivity index (χ0) is 21.3. The van der Waals surface area contributed by atoms with Gasteiger partial charge >= 0.3 is 11.8 Å². The van der Waals surface area contributed by atoms with Crippen molar-refractivity contribution in [3.63, 3.8) is 0 Å². The molecule has 4 saturated carbocycles. The van der Waals surface area contributed by atoms with E-state index in [2.05, 4.69) is 4.98 Å². The Hall–Kier alpha value is -2.77. The molecule has 7 rings (SSSR count). The third kappa shape index (κ3) is 2.83. The van der Waals surface area contributed by atoms with Crippen LogP contribution in [0.25, 0.3) is 11.0 Å². The molecule has 31 heavy (non-hydrogen) atoms. The molecule has 4 bridgehead atoms. The lowest BCUT2D eigenvalue weighted by Gasteiger charge is -2.58. The standard InChI is InChI=1S/C23H28N4O4/c24-20(28)23-9-13-7-14(10-23)19(15(8-13)11-23)31-22(30)26-6-5-16(12-26)27-18-4-2-1-3-17(18)25-21(27)29/h1-4,13-16,19H,5-12H2,(H2,24,28)(H,25,29)/t13?,14?,15?,16-,19?,23?/m0/s1. The maximum atomic E-state index is 13.0.